The lowest BCUT2D eigenvalue weighted by atomic mass is 9.93. The summed E-state index contributed by atoms with van der Waals surface area (Å²) in [5.41, 5.74) is 5.09. The number of nitrogens with one attached hydrogen (secondary N) is 1. The van der Waals surface area contributed by atoms with E-state index >= 15 is 0 Å². The molecule has 3 aromatic rings. The van der Waals surface area contributed by atoms with Gasteiger partial charge in [-0.2, -0.15) is 0 Å². The van der Waals surface area contributed by atoms with Crippen LogP contribution < -0.4 is 10.1 Å². The van der Waals surface area contributed by atoms with Crippen LogP contribution >= 0.6 is 11.6 Å². The fourth-order valence-electron chi connectivity index (χ4n) is 3.74. The first-order valence-electron chi connectivity index (χ1n) is 10.1. The zero-order valence-electron chi connectivity index (χ0n) is 17.1. The van der Waals surface area contributed by atoms with Gasteiger partial charge in [0.15, 0.2) is 11.5 Å². The molecule has 1 aliphatic heterocycles. The number of halogens is 1. The number of phenols is 1. The minimum Gasteiger partial charge on any atom is -0.504 e. The first-order valence-corrected chi connectivity index (χ1v) is 10.5. The lowest BCUT2D eigenvalue weighted by Gasteiger charge is -2.31. The molecule has 0 aromatic heterocycles. The maximum absolute atomic E-state index is 10.8. The molecule has 1 heterocycles. The van der Waals surface area contributed by atoms with Crippen molar-refractivity contribution in [2.24, 2.45) is 4.99 Å². The van der Waals surface area contributed by atoms with Crippen LogP contribution in [0.25, 0.3) is 0 Å². The predicted octanol–water partition coefficient (Wildman–Crippen LogP) is 5.98. The van der Waals surface area contributed by atoms with Gasteiger partial charge in [-0.25, -0.2) is 0 Å². The van der Waals surface area contributed by atoms with Crippen LogP contribution in [-0.4, -0.2) is 17.4 Å². The van der Waals surface area contributed by atoms with E-state index in [0.717, 1.165) is 22.4 Å². The summed E-state index contributed by atoms with van der Waals surface area (Å²) in [4.78, 5) is 5.00. The van der Waals surface area contributed by atoms with Gasteiger partial charge in [0, 0.05) is 28.8 Å². The van der Waals surface area contributed by atoms with Gasteiger partial charge < -0.3 is 9.84 Å². The van der Waals surface area contributed by atoms with Gasteiger partial charge in [0.2, 0.25) is 0 Å². The molecule has 0 unspecified atom stereocenters. The number of hydrogen-bond donors (Lipinski definition) is 2. The molecular weight excluding hydrogens is 396 g/mol. The monoisotopic (exact) mass is 420 g/mol. The van der Waals surface area contributed by atoms with E-state index in [1.54, 1.807) is 6.07 Å². The van der Waals surface area contributed by atoms with E-state index in [1.165, 1.54) is 5.56 Å². The van der Waals surface area contributed by atoms with E-state index in [2.05, 4.69) is 36.5 Å². The summed E-state index contributed by atoms with van der Waals surface area (Å²) in [6.07, 6.45) is 0.429. The van der Waals surface area contributed by atoms with Crippen molar-refractivity contribution >= 4 is 17.3 Å². The van der Waals surface area contributed by atoms with Crippen LogP contribution in [0.1, 0.15) is 47.8 Å². The molecular formula is C25H25ClN2O2. The molecule has 0 aliphatic carbocycles. The second kappa shape index (κ2) is 8.90. The second-order valence-electron chi connectivity index (χ2n) is 7.45. The molecule has 30 heavy (non-hydrogen) atoms. The summed E-state index contributed by atoms with van der Waals surface area (Å²) in [5, 5.41) is 15.1. The Morgan fingerprint density at radius 1 is 1.07 bits per heavy atom. The van der Waals surface area contributed by atoms with Gasteiger partial charge in [-0.05, 0) is 43.2 Å². The van der Waals surface area contributed by atoms with Gasteiger partial charge >= 0.3 is 0 Å². The Morgan fingerprint density at radius 2 is 1.80 bits per heavy atom. The molecule has 0 spiro atoms. The molecule has 4 nitrogen and oxygen atoms in total. The number of aliphatic imine (C=N–C) groups is 1. The van der Waals surface area contributed by atoms with Crippen molar-refractivity contribution < 1.29 is 9.84 Å². The number of rotatable bonds is 5. The number of benzene rings is 3. The maximum atomic E-state index is 10.8. The van der Waals surface area contributed by atoms with Gasteiger partial charge in [0.05, 0.1) is 6.61 Å². The Hall–Kier alpha value is -2.82. The van der Waals surface area contributed by atoms with Crippen molar-refractivity contribution in [2.45, 2.75) is 32.5 Å². The third-order valence-corrected chi connectivity index (χ3v) is 5.57. The van der Waals surface area contributed by atoms with Gasteiger partial charge in [-0.1, -0.05) is 65.7 Å². The van der Waals surface area contributed by atoms with E-state index in [4.69, 9.17) is 21.3 Å². The largest absolute Gasteiger partial charge is 0.504 e. The van der Waals surface area contributed by atoms with Crippen LogP contribution in [0.15, 0.2) is 71.7 Å². The summed E-state index contributed by atoms with van der Waals surface area (Å²) in [7, 11) is 0. The van der Waals surface area contributed by atoms with E-state index in [9.17, 15) is 5.11 Å². The average molecular weight is 421 g/mol. The number of ether oxygens (including phenoxy) is 1. The SMILES string of the molecule is CCOc1cccc([C@@H]2CC(c3ccc(Cl)cc3)=N[C@H](c3ccc(C)cc3)N2)c1O. The summed E-state index contributed by atoms with van der Waals surface area (Å²) < 4.78 is 5.59. The van der Waals surface area contributed by atoms with Gasteiger partial charge in [0.1, 0.15) is 6.17 Å². The lowest BCUT2D eigenvalue weighted by molar-refractivity contribution is 0.313. The van der Waals surface area contributed by atoms with Crippen molar-refractivity contribution in [1.29, 1.82) is 0 Å². The highest BCUT2D eigenvalue weighted by Crippen LogP contribution is 2.39. The molecule has 0 fully saturated rings. The van der Waals surface area contributed by atoms with Crippen molar-refractivity contribution in [2.75, 3.05) is 6.61 Å². The van der Waals surface area contributed by atoms with Crippen molar-refractivity contribution in [3.8, 4) is 11.5 Å². The number of aromatic hydroxyl groups is 1. The average Bonchev–Trinajstić information content (AvgIpc) is 2.76. The molecule has 154 valence electrons. The summed E-state index contributed by atoms with van der Waals surface area (Å²) in [6.45, 7) is 4.48. The van der Waals surface area contributed by atoms with Crippen LogP contribution in [0.4, 0.5) is 0 Å². The highest BCUT2D eigenvalue weighted by Gasteiger charge is 2.28. The minimum atomic E-state index is -0.217. The molecule has 0 saturated heterocycles. The summed E-state index contributed by atoms with van der Waals surface area (Å²) in [6, 6.07) is 21.6. The van der Waals surface area contributed by atoms with Crippen LogP contribution in [-0.2, 0) is 0 Å². The van der Waals surface area contributed by atoms with E-state index in [-0.39, 0.29) is 18.0 Å². The first-order chi connectivity index (χ1) is 14.5. The predicted molar refractivity (Wildman–Crippen MR) is 122 cm³/mol. The Labute approximate surface area is 182 Å². The smallest absolute Gasteiger partial charge is 0.162 e. The Balaban J connectivity index is 1.74. The number of aryl methyl sites for hydroxylation is 1. The van der Waals surface area contributed by atoms with E-state index in [1.807, 2.05) is 43.3 Å². The number of para-hydroxylation sites is 1. The van der Waals surface area contributed by atoms with Crippen molar-refractivity contribution in [1.82, 2.24) is 5.32 Å². The standard InChI is InChI=1S/C25H25ClN2O2/c1-3-30-23-6-4-5-20(24(23)29)22-15-21(17-11-13-19(26)14-12-17)27-25(28-22)18-9-7-16(2)8-10-18/h4-14,22,25,28-29H,3,15H2,1-2H3/t22-,25-/m0/s1. The summed E-state index contributed by atoms with van der Waals surface area (Å²) in [5.74, 6) is 0.677. The second-order valence-corrected chi connectivity index (χ2v) is 7.88. The third kappa shape index (κ3) is 4.35. The zero-order valence-corrected chi connectivity index (χ0v) is 17.9. The van der Waals surface area contributed by atoms with Crippen LogP contribution in [0, 0.1) is 6.92 Å². The first kappa shape index (κ1) is 20.5. The third-order valence-electron chi connectivity index (χ3n) is 5.32. The Morgan fingerprint density at radius 3 is 2.50 bits per heavy atom. The highest BCUT2D eigenvalue weighted by atomic mass is 35.5. The molecule has 2 N–H and O–H groups in total. The molecule has 5 heteroatoms. The molecule has 2 atom stereocenters. The van der Waals surface area contributed by atoms with Gasteiger partial charge in [-0.15, -0.1) is 0 Å². The molecule has 0 radical (unpaired) electrons. The molecule has 4 rings (SSSR count). The van der Waals surface area contributed by atoms with Gasteiger partial charge in [0.25, 0.3) is 0 Å². The van der Waals surface area contributed by atoms with Crippen LogP contribution in [0.3, 0.4) is 0 Å². The van der Waals surface area contributed by atoms with Crippen molar-refractivity contribution in [3.05, 3.63) is 94.0 Å². The summed E-state index contributed by atoms with van der Waals surface area (Å²) >= 11 is 6.08. The minimum absolute atomic E-state index is 0.111. The molecule has 0 saturated carbocycles. The normalized spacial score (nSPS) is 18.7. The molecule has 3 aromatic carbocycles. The topological polar surface area (TPSA) is 53.8 Å². The fourth-order valence-corrected chi connectivity index (χ4v) is 3.86. The van der Waals surface area contributed by atoms with Crippen LogP contribution in [0.2, 0.25) is 5.02 Å². The lowest BCUT2D eigenvalue weighted by Crippen LogP contribution is -2.33. The molecule has 1 aliphatic rings. The number of phenolic OH excluding ortho intramolecular Hbond substituents is 1. The van der Waals surface area contributed by atoms with Crippen LogP contribution in [0.5, 0.6) is 11.5 Å². The van der Waals surface area contributed by atoms with E-state index < -0.39 is 0 Å². The number of hydrogen-bond acceptors (Lipinski definition) is 4. The van der Waals surface area contributed by atoms with E-state index in [0.29, 0.717) is 23.8 Å². The molecule has 0 amide bonds. The molecule has 0 bridgehead atoms. The highest BCUT2D eigenvalue weighted by molar-refractivity contribution is 6.30. The zero-order chi connectivity index (χ0) is 21.1. The maximum Gasteiger partial charge on any atom is 0.162 e. The Bertz CT molecular complexity index is 1050. The Kier molecular flexibility index (Phi) is 6.07. The quantitative estimate of drug-likeness (QED) is 0.534. The number of nitrogens with zero attached hydrogens (tertiary/aromatic N) is 1. The van der Waals surface area contributed by atoms with Crippen molar-refractivity contribution in [3.63, 3.8) is 0 Å². The fraction of sp³-hybridized carbons (Fsp3) is 0.240. The van der Waals surface area contributed by atoms with Gasteiger partial charge in [-0.3, -0.25) is 10.3 Å².